The lowest BCUT2D eigenvalue weighted by atomic mass is 9.68. The molecule has 6 rings (SSSR count). The minimum Gasteiger partial charge on any atom is -0.497 e. The Kier molecular flexibility index (Phi) is 5.64. The van der Waals surface area contributed by atoms with Crippen molar-refractivity contribution < 1.29 is 4.74 Å². The van der Waals surface area contributed by atoms with Crippen LogP contribution in [-0.4, -0.2) is 22.9 Å². The SMILES string of the molecule is COc1ccc(/C=N/Nc2nc3c(c(=O)n2-c2ccccc2)C2(CCCC2)Cc2ccccc2-3)cc1. The van der Waals surface area contributed by atoms with Crippen LogP contribution in [0.25, 0.3) is 16.9 Å². The van der Waals surface area contributed by atoms with E-state index in [-0.39, 0.29) is 11.0 Å². The summed E-state index contributed by atoms with van der Waals surface area (Å²) in [6, 6.07) is 25.7. The number of rotatable bonds is 5. The lowest BCUT2D eigenvalue weighted by molar-refractivity contribution is 0.415. The number of ether oxygens (including phenoxy) is 1. The number of fused-ring (bicyclic) bond motifs is 4. The molecule has 0 unspecified atom stereocenters. The van der Waals surface area contributed by atoms with Gasteiger partial charge in [0.05, 0.1) is 30.3 Å². The fourth-order valence-electron chi connectivity index (χ4n) is 5.78. The second-order valence-corrected chi connectivity index (χ2v) is 9.60. The normalized spacial score (nSPS) is 15.6. The van der Waals surface area contributed by atoms with E-state index in [0.717, 1.165) is 65.9 Å². The van der Waals surface area contributed by atoms with Gasteiger partial charge in [-0.3, -0.25) is 4.79 Å². The van der Waals surface area contributed by atoms with Crippen molar-refractivity contribution in [1.29, 1.82) is 0 Å². The van der Waals surface area contributed by atoms with E-state index in [0.29, 0.717) is 5.95 Å². The first-order chi connectivity index (χ1) is 17.7. The van der Waals surface area contributed by atoms with Gasteiger partial charge in [0.25, 0.3) is 5.56 Å². The number of anilines is 1. The summed E-state index contributed by atoms with van der Waals surface area (Å²) in [7, 11) is 1.64. The molecule has 1 saturated carbocycles. The number of hydrazone groups is 1. The molecule has 0 aliphatic heterocycles. The highest BCUT2D eigenvalue weighted by atomic mass is 16.5. The summed E-state index contributed by atoms with van der Waals surface area (Å²) in [5, 5.41) is 4.45. The van der Waals surface area contributed by atoms with Crippen molar-refractivity contribution in [2.75, 3.05) is 12.5 Å². The van der Waals surface area contributed by atoms with Gasteiger partial charge in [-0.15, -0.1) is 0 Å². The number of benzene rings is 3. The molecule has 6 nitrogen and oxygen atoms in total. The molecule has 0 saturated heterocycles. The first-order valence-electron chi connectivity index (χ1n) is 12.4. The molecule has 1 fully saturated rings. The average molecular weight is 477 g/mol. The molecule has 1 aromatic heterocycles. The molecule has 0 amide bonds. The summed E-state index contributed by atoms with van der Waals surface area (Å²) in [5.74, 6) is 1.19. The molecule has 2 aliphatic rings. The van der Waals surface area contributed by atoms with Crippen LogP contribution < -0.4 is 15.7 Å². The second kappa shape index (κ2) is 9.11. The fraction of sp³-hybridized carbons (Fsp3) is 0.233. The van der Waals surface area contributed by atoms with Gasteiger partial charge in [0.1, 0.15) is 5.75 Å². The Balaban J connectivity index is 1.51. The van der Waals surface area contributed by atoms with Crippen molar-refractivity contribution in [3.63, 3.8) is 0 Å². The van der Waals surface area contributed by atoms with Gasteiger partial charge >= 0.3 is 0 Å². The Morgan fingerprint density at radius 2 is 1.69 bits per heavy atom. The number of hydrogen-bond donors (Lipinski definition) is 1. The Hall–Kier alpha value is -4.19. The maximum atomic E-state index is 14.3. The van der Waals surface area contributed by atoms with Gasteiger partial charge in [-0.1, -0.05) is 55.3 Å². The molecule has 1 spiro atoms. The van der Waals surface area contributed by atoms with Crippen molar-refractivity contribution >= 4 is 12.2 Å². The summed E-state index contributed by atoms with van der Waals surface area (Å²) in [4.78, 5) is 19.4. The van der Waals surface area contributed by atoms with Crippen LogP contribution in [0.3, 0.4) is 0 Å². The number of nitrogens with one attached hydrogen (secondary N) is 1. The Bertz CT molecular complexity index is 1480. The van der Waals surface area contributed by atoms with Gasteiger partial charge in [-0.2, -0.15) is 5.10 Å². The highest BCUT2D eigenvalue weighted by molar-refractivity contribution is 5.80. The predicted octanol–water partition coefficient (Wildman–Crippen LogP) is 5.72. The lowest BCUT2D eigenvalue weighted by Gasteiger charge is -2.36. The van der Waals surface area contributed by atoms with Crippen LogP contribution in [0.15, 0.2) is 88.8 Å². The molecule has 180 valence electrons. The Labute approximate surface area is 210 Å². The molecular formula is C30H28N4O2. The number of aromatic nitrogens is 2. The number of para-hydroxylation sites is 1. The van der Waals surface area contributed by atoms with E-state index >= 15 is 0 Å². The molecule has 1 N–H and O–H groups in total. The van der Waals surface area contributed by atoms with Crippen LogP contribution in [0.2, 0.25) is 0 Å². The van der Waals surface area contributed by atoms with Gasteiger partial charge in [-0.25, -0.2) is 15.0 Å². The number of methoxy groups -OCH3 is 1. The third-order valence-electron chi connectivity index (χ3n) is 7.48. The molecule has 0 bridgehead atoms. The molecule has 6 heteroatoms. The van der Waals surface area contributed by atoms with Crippen LogP contribution in [0.4, 0.5) is 5.95 Å². The largest absolute Gasteiger partial charge is 0.497 e. The predicted molar refractivity (Wildman–Crippen MR) is 143 cm³/mol. The smallest absolute Gasteiger partial charge is 0.263 e. The van der Waals surface area contributed by atoms with Crippen LogP contribution in [0, 0.1) is 0 Å². The molecule has 0 atom stereocenters. The van der Waals surface area contributed by atoms with Gasteiger partial charge in [-0.05, 0) is 66.8 Å². The van der Waals surface area contributed by atoms with Crippen molar-refractivity contribution in [1.82, 2.24) is 9.55 Å². The zero-order valence-electron chi connectivity index (χ0n) is 20.3. The molecular weight excluding hydrogens is 448 g/mol. The van der Waals surface area contributed by atoms with Gasteiger partial charge in [0.2, 0.25) is 5.95 Å². The van der Waals surface area contributed by atoms with Crippen LogP contribution in [0.5, 0.6) is 5.75 Å². The zero-order valence-corrected chi connectivity index (χ0v) is 20.3. The average Bonchev–Trinajstić information content (AvgIpc) is 3.38. The summed E-state index contributed by atoms with van der Waals surface area (Å²) >= 11 is 0. The maximum Gasteiger partial charge on any atom is 0.263 e. The minimum atomic E-state index is -0.158. The van der Waals surface area contributed by atoms with E-state index in [4.69, 9.17) is 9.72 Å². The second-order valence-electron chi connectivity index (χ2n) is 9.60. The first kappa shape index (κ1) is 22.3. The van der Waals surface area contributed by atoms with Gasteiger partial charge < -0.3 is 4.74 Å². The number of hydrogen-bond acceptors (Lipinski definition) is 5. The third-order valence-corrected chi connectivity index (χ3v) is 7.48. The van der Waals surface area contributed by atoms with E-state index in [1.807, 2.05) is 60.7 Å². The molecule has 3 aromatic carbocycles. The molecule has 2 aliphatic carbocycles. The van der Waals surface area contributed by atoms with Crippen molar-refractivity contribution in [3.05, 3.63) is 106 Å². The van der Waals surface area contributed by atoms with E-state index in [1.165, 1.54) is 5.56 Å². The van der Waals surface area contributed by atoms with Crippen LogP contribution in [-0.2, 0) is 11.8 Å². The fourth-order valence-corrected chi connectivity index (χ4v) is 5.78. The summed E-state index contributed by atoms with van der Waals surface area (Å²) in [6.45, 7) is 0. The molecule has 4 aromatic rings. The summed E-state index contributed by atoms with van der Waals surface area (Å²) < 4.78 is 6.91. The highest BCUT2D eigenvalue weighted by Gasteiger charge is 2.44. The maximum absolute atomic E-state index is 14.3. The third kappa shape index (κ3) is 3.79. The Morgan fingerprint density at radius 1 is 0.972 bits per heavy atom. The van der Waals surface area contributed by atoms with E-state index < -0.39 is 0 Å². The van der Waals surface area contributed by atoms with Crippen molar-refractivity contribution in [2.45, 2.75) is 37.5 Å². The summed E-state index contributed by atoms with van der Waals surface area (Å²) in [5.41, 5.74) is 8.55. The Morgan fingerprint density at radius 3 is 2.44 bits per heavy atom. The quantitative estimate of drug-likeness (QED) is 0.295. The summed E-state index contributed by atoms with van der Waals surface area (Å²) in [6.07, 6.45) is 6.92. The van der Waals surface area contributed by atoms with Crippen LogP contribution >= 0.6 is 0 Å². The van der Waals surface area contributed by atoms with E-state index in [1.54, 1.807) is 17.9 Å². The van der Waals surface area contributed by atoms with Gasteiger partial charge in [0.15, 0.2) is 0 Å². The molecule has 0 radical (unpaired) electrons. The molecule has 1 heterocycles. The minimum absolute atomic E-state index is 0.00949. The van der Waals surface area contributed by atoms with E-state index in [9.17, 15) is 4.79 Å². The van der Waals surface area contributed by atoms with Crippen molar-refractivity contribution in [2.24, 2.45) is 5.10 Å². The topological polar surface area (TPSA) is 68.5 Å². The standard InChI is InChI=1S/C30H28N4O2/c1-36-24-15-13-21(14-16-24)20-31-33-29-32-27-25-12-6-5-9-22(25)19-30(17-7-8-18-30)26(27)28(35)34(29)23-10-3-2-4-11-23/h2-6,9-16,20H,7-8,17-19H2,1H3,(H,32,33)/b31-20+. The zero-order chi connectivity index (χ0) is 24.5. The van der Waals surface area contributed by atoms with Crippen LogP contribution in [0.1, 0.15) is 42.4 Å². The van der Waals surface area contributed by atoms with Crippen molar-refractivity contribution in [3.8, 4) is 22.7 Å². The lowest BCUT2D eigenvalue weighted by Crippen LogP contribution is -2.40. The first-order valence-corrected chi connectivity index (χ1v) is 12.4. The monoisotopic (exact) mass is 476 g/mol. The number of nitrogens with zero attached hydrogens (tertiary/aromatic N) is 3. The highest BCUT2D eigenvalue weighted by Crippen LogP contribution is 2.50. The van der Waals surface area contributed by atoms with E-state index in [2.05, 4.69) is 28.7 Å². The van der Waals surface area contributed by atoms with Gasteiger partial charge in [0, 0.05) is 11.0 Å². The molecule has 36 heavy (non-hydrogen) atoms.